The van der Waals surface area contributed by atoms with Crippen molar-refractivity contribution in [2.75, 3.05) is 7.11 Å². The fraction of sp³-hybridized carbons (Fsp3) is 0.333. The number of pyridine rings is 1. The van der Waals surface area contributed by atoms with Gasteiger partial charge in [0, 0.05) is 42.0 Å². The fourth-order valence-electron chi connectivity index (χ4n) is 3.66. The van der Waals surface area contributed by atoms with Crippen LogP contribution in [-0.4, -0.2) is 22.6 Å². The molecule has 0 bridgehead atoms. The van der Waals surface area contributed by atoms with E-state index in [4.69, 9.17) is 4.74 Å². The van der Waals surface area contributed by atoms with E-state index in [1.807, 2.05) is 18.5 Å². The minimum atomic E-state index is -0.159. The van der Waals surface area contributed by atoms with Crippen molar-refractivity contribution < 1.29 is 9.53 Å². The van der Waals surface area contributed by atoms with E-state index in [9.17, 15) is 4.79 Å². The first-order valence-electron chi connectivity index (χ1n) is 8.83. The molecule has 2 aromatic heterocycles. The van der Waals surface area contributed by atoms with Gasteiger partial charge in [-0.25, -0.2) is 0 Å². The molecule has 4 heteroatoms. The van der Waals surface area contributed by atoms with Gasteiger partial charge in [0.2, 0.25) is 0 Å². The molecular formula is C21H22N2O2. The molecule has 4 rings (SSSR count). The number of aromatic nitrogens is 2. The Balaban J connectivity index is 1.80. The maximum absolute atomic E-state index is 11.7. The number of rotatable bonds is 6. The number of esters is 1. The summed E-state index contributed by atoms with van der Waals surface area (Å²) in [5.74, 6) is 0.449. The number of carbonyl (C=O) groups is 1. The molecule has 0 aliphatic heterocycles. The van der Waals surface area contributed by atoms with E-state index in [-0.39, 0.29) is 5.97 Å². The zero-order valence-electron chi connectivity index (χ0n) is 14.4. The molecule has 1 aliphatic rings. The fourth-order valence-corrected chi connectivity index (χ4v) is 3.66. The topological polar surface area (TPSA) is 44.1 Å². The van der Waals surface area contributed by atoms with Crippen molar-refractivity contribution in [3.63, 3.8) is 0 Å². The van der Waals surface area contributed by atoms with E-state index >= 15 is 0 Å². The zero-order valence-corrected chi connectivity index (χ0v) is 14.4. The van der Waals surface area contributed by atoms with Crippen molar-refractivity contribution in [1.29, 1.82) is 0 Å². The molecule has 128 valence electrons. The number of carbonyl (C=O) groups excluding carboxylic acids is 1. The van der Waals surface area contributed by atoms with Crippen molar-refractivity contribution in [2.24, 2.45) is 0 Å². The van der Waals surface area contributed by atoms with Crippen LogP contribution >= 0.6 is 0 Å². The highest BCUT2D eigenvalue weighted by Crippen LogP contribution is 2.45. The number of methoxy groups -OCH3 is 1. The summed E-state index contributed by atoms with van der Waals surface area (Å²) in [6, 6.07) is 12.6. The smallest absolute Gasteiger partial charge is 0.307 e. The lowest BCUT2D eigenvalue weighted by Crippen LogP contribution is -2.09. The number of nitrogens with zero attached hydrogens (tertiary/aromatic N) is 2. The molecular weight excluding hydrogens is 312 g/mol. The van der Waals surface area contributed by atoms with Gasteiger partial charge in [0.1, 0.15) is 0 Å². The number of hydrogen-bond donors (Lipinski definition) is 0. The highest BCUT2D eigenvalue weighted by molar-refractivity contribution is 5.86. The third-order valence-electron chi connectivity index (χ3n) is 4.95. The summed E-state index contributed by atoms with van der Waals surface area (Å²) in [4.78, 5) is 15.9. The number of aryl methyl sites for hydroxylation is 1. The first kappa shape index (κ1) is 15.9. The Morgan fingerprint density at radius 2 is 2.08 bits per heavy atom. The zero-order chi connectivity index (χ0) is 17.2. The molecule has 0 amide bonds. The molecule has 2 heterocycles. The molecule has 0 radical (unpaired) electrons. The van der Waals surface area contributed by atoms with E-state index in [2.05, 4.69) is 39.9 Å². The molecule has 0 atom stereocenters. The molecule has 1 fully saturated rings. The second kappa shape index (κ2) is 6.71. The van der Waals surface area contributed by atoms with Crippen LogP contribution in [0.25, 0.3) is 10.9 Å². The average molecular weight is 334 g/mol. The Labute approximate surface area is 147 Å². The van der Waals surface area contributed by atoms with E-state index in [1.165, 1.54) is 47.7 Å². The Kier molecular flexibility index (Phi) is 4.26. The molecule has 1 saturated carbocycles. The first-order chi connectivity index (χ1) is 12.3. The third kappa shape index (κ3) is 3.16. The van der Waals surface area contributed by atoms with E-state index < -0.39 is 0 Å². The normalized spacial score (nSPS) is 14.0. The van der Waals surface area contributed by atoms with Gasteiger partial charge < -0.3 is 9.30 Å². The van der Waals surface area contributed by atoms with Crippen LogP contribution in [0.3, 0.4) is 0 Å². The van der Waals surface area contributed by atoms with Crippen molar-refractivity contribution in [2.45, 2.75) is 38.1 Å². The van der Waals surface area contributed by atoms with Gasteiger partial charge in [-0.1, -0.05) is 24.3 Å². The highest BCUT2D eigenvalue weighted by Gasteiger charge is 2.31. The summed E-state index contributed by atoms with van der Waals surface area (Å²) in [5.41, 5.74) is 5.22. The molecule has 3 aromatic rings. The van der Waals surface area contributed by atoms with Gasteiger partial charge in [-0.05, 0) is 42.0 Å². The average Bonchev–Trinajstić information content (AvgIpc) is 3.45. The lowest BCUT2D eigenvalue weighted by Gasteiger charge is -2.11. The molecule has 0 N–H and O–H groups in total. The maximum Gasteiger partial charge on any atom is 0.307 e. The van der Waals surface area contributed by atoms with Crippen molar-refractivity contribution in [1.82, 2.24) is 9.55 Å². The van der Waals surface area contributed by atoms with Crippen LogP contribution in [0.5, 0.6) is 0 Å². The van der Waals surface area contributed by atoms with Gasteiger partial charge in [0.05, 0.1) is 13.5 Å². The van der Waals surface area contributed by atoms with Crippen LogP contribution < -0.4 is 0 Å². The van der Waals surface area contributed by atoms with Gasteiger partial charge in [-0.15, -0.1) is 0 Å². The number of fused-ring (bicyclic) bond motifs is 1. The molecule has 1 aliphatic carbocycles. The van der Waals surface area contributed by atoms with Gasteiger partial charge in [0.15, 0.2) is 0 Å². The molecule has 1 aromatic carbocycles. The Bertz CT molecular complexity index is 895. The lowest BCUT2D eigenvalue weighted by atomic mass is 10.0. The van der Waals surface area contributed by atoms with Crippen molar-refractivity contribution in [3.05, 3.63) is 65.6 Å². The predicted octanol–water partition coefficient (Wildman–Crippen LogP) is 4.07. The molecule has 4 nitrogen and oxygen atoms in total. The largest absolute Gasteiger partial charge is 0.469 e. The van der Waals surface area contributed by atoms with Gasteiger partial charge in [-0.3, -0.25) is 9.78 Å². The Hall–Kier alpha value is -2.62. The molecule has 0 spiro atoms. The molecule has 25 heavy (non-hydrogen) atoms. The second-order valence-corrected chi connectivity index (χ2v) is 6.67. The molecule has 0 unspecified atom stereocenters. The van der Waals surface area contributed by atoms with Crippen LogP contribution in [0.2, 0.25) is 0 Å². The van der Waals surface area contributed by atoms with Crippen LogP contribution in [0, 0.1) is 0 Å². The minimum Gasteiger partial charge on any atom is -0.469 e. The highest BCUT2D eigenvalue weighted by atomic mass is 16.5. The van der Waals surface area contributed by atoms with E-state index in [0.717, 1.165) is 6.42 Å². The van der Waals surface area contributed by atoms with Gasteiger partial charge >= 0.3 is 5.97 Å². The van der Waals surface area contributed by atoms with Gasteiger partial charge in [0.25, 0.3) is 0 Å². The van der Waals surface area contributed by atoms with Crippen LogP contribution in [0.4, 0.5) is 0 Å². The quantitative estimate of drug-likeness (QED) is 0.638. The van der Waals surface area contributed by atoms with Crippen molar-refractivity contribution >= 4 is 16.9 Å². The minimum absolute atomic E-state index is 0.159. The SMILES string of the molecule is COC(=O)CCn1c(C2CC2)c(Cc2cccnc2)c2ccccc21. The summed E-state index contributed by atoms with van der Waals surface area (Å²) < 4.78 is 7.18. The summed E-state index contributed by atoms with van der Waals surface area (Å²) in [6.07, 6.45) is 7.50. The van der Waals surface area contributed by atoms with Crippen LogP contribution in [-0.2, 0) is 22.5 Å². The lowest BCUT2D eigenvalue weighted by molar-refractivity contribution is -0.140. The monoisotopic (exact) mass is 334 g/mol. The summed E-state index contributed by atoms with van der Waals surface area (Å²) in [7, 11) is 1.45. The second-order valence-electron chi connectivity index (χ2n) is 6.67. The summed E-state index contributed by atoms with van der Waals surface area (Å²) in [5, 5.41) is 1.29. The summed E-state index contributed by atoms with van der Waals surface area (Å²) >= 11 is 0. The molecule has 0 saturated heterocycles. The van der Waals surface area contributed by atoms with Gasteiger partial charge in [-0.2, -0.15) is 0 Å². The van der Waals surface area contributed by atoms with E-state index in [0.29, 0.717) is 18.9 Å². The van der Waals surface area contributed by atoms with E-state index in [1.54, 1.807) is 0 Å². The Morgan fingerprint density at radius 1 is 1.24 bits per heavy atom. The summed E-state index contributed by atoms with van der Waals surface area (Å²) in [6.45, 7) is 0.673. The van der Waals surface area contributed by atoms with Crippen LogP contribution in [0.1, 0.15) is 42.0 Å². The van der Waals surface area contributed by atoms with Crippen molar-refractivity contribution in [3.8, 4) is 0 Å². The Morgan fingerprint density at radius 3 is 2.80 bits per heavy atom. The van der Waals surface area contributed by atoms with Crippen LogP contribution in [0.15, 0.2) is 48.8 Å². The third-order valence-corrected chi connectivity index (χ3v) is 4.95. The maximum atomic E-state index is 11.7. The standard InChI is InChI=1S/C21H22N2O2/c1-25-20(24)10-12-23-19-7-3-2-6-17(19)18(21(23)16-8-9-16)13-15-5-4-11-22-14-15/h2-7,11,14,16H,8-10,12-13H2,1H3. The number of benzene rings is 1. The number of ether oxygens (including phenoxy) is 1. The first-order valence-corrected chi connectivity index (χ1v) is 8.83. The number of para-hydroxylation sites is 1. The number of hydrogen-bond acceptors (Lipinski definition) is 3. The predicted molar refractivity (Wildman–Crippen MR) is 97.6 cm³/mol.